The largest absolute Gasteiger partial charge is 0.350 e. The number of rotatable bonds is 8. The highest BCUT2D eigenvalue weighted by atomic mass is 16.2. The molecule has 0 aliphatic carbocycles. The van der Waals surface area contributed by atoms with E-state index < -0.39 is 11.6 Å². The molecule has 0 atom stereocenters. The van der Waals surface area contributed by atoms with Crippen LogP contribution in [0.4, 0.5) is 4.79 Å². The molecule has 8 heteroatoms. The Balaban J connectivity index is 1.63. The quantitative estimate of drug-likeness (QED) is 0.652. The number of imide groups is 1. The van der Waals surface area contributed by atoms with Crippen LogP contribution in [0.5, 0.6) is 0 Å². The summed E-state index contributed by atoms with van der Waals surface area (Å²) in [7, 11) is 0. The number of carbonyl (C=O) groups is 3. The summed E-state index contributed by atoms with van der Waals surface area (Å²) in [6.07, 6.45) is 0.983. The van der Waals surface area contributed by atoms with Crippen molar-refractivity contribution in [2.24, 2.45) is 0 Å². The lowest BCUT2D eigenvalue weighted by Crippen LogP contribution is -2.46. The van der Waals surface area contributed by atoms with Crippen LogP contribution in [0.15, 0.2) is 30.3 Å². The average Bonchev–Trinajstić information content (AvgIpc) is 3.14. The summed E-state index contributed by atoms with van der Waals surface area (Å²) in [5, 5.41) is 10.1. The van der Waals surface area contributed by atoms with Gasteiger partial charge in [0.05, 0.1) is 12.2 Å². The van der Waals surface area contributed by atoms with E-state index in [1.807, 2.05) is 62.7 Å². The molecule has 0 bridgehead atoms. The van der Waals surface area contributed by atoms with Crippen LogP contribution in [0.25, 0.3) is 0 Å². The fourth-order valence-corrected chi connectivity index (χ4v) is 3.84. The van der Waals surface area contributed by atoms with Gasteiger partial charge >= 0.3 is 6.03 Å². The van der Waals surface area contributed by atoms with E-state index in [0.29, 0.717) is 25.9 Å². The van der Waals surface area contributed by atoms with Gasteiger partial charge in [-0.2, -0.15) is 5.10 Å². The second-order valence-electron chi connectivity index (χ2n) is 7.68. The summed E-state index contributed by atoms with van der Waals surface area (Å²) in [6, 6.07) is 9.53. The van der Waals surface area contributed by atoms with Gasteiger partial charge in [0.15, 0.2) is 0 Å². The molecular formula is C22H29N5O3. The Morgan fingerprint density at radius 1 is 1.13 bits per heavy atom. The first kappa shape index (κ1) is 21.5. The van der Waals surface area contributed by atoms with Crippen molar-refractivity contribution in [2.75, 3.05) is 6.54 Å². The van der Waals surface area contributed by atoms with Crippen molar-refractivity contribution >= 4 is 17.8 Å². The van der Waals surface area contributed by atoms with Crippen molar-refractivity contribution in [3.8, 4) is 0 Å². The van der Waals surface area contributed by atoms with Gasteiger partial charge in [-0.3, -0.25) is 19.2 Å². The smallest absolute Gasteiger partial charge is 0.325 e. The zero-order valence-corrected chi connectivity index (χ0v) is 18.0. The molecule has 0 unspecified atom stereocenters. The van der Waals surface area contributed by atoms with Gasteiger partial charge in [-0.05, 0) is 32.3 Å². The SMILES string of the molecule is CCC1(CC)NC(=O)N(CC(=O)NCc2c(C)nn(Cc3ccccc3)c2C)C1=O. The van der Waals surface area contributed by atoms with E-state index in [1.165, 1.54) is 0 Å². The molecule has 0 saturated carbocycles. The number of benzene rings is 1. The van der Waals surface area contributed by atoms with Crippen molar-refractivity contribution in [3.63, 3.8) is 0 Å². The van der Waals surface area contributed by atoms with Gasteiger partial charge in [-0.1, -0.05) is 44.2 Å². The summed E-state index contributed by atoms with van der Waals surface area (Å²) >= 11 is 0. The average molecular weight is 412 g/mol. The topological polar surface area (TPSA) is 96.3 Å². The molecular weight excluding hydrogens is 382 g/mol. The van der Waals surface area contributed by atoms with Crippen molar-refractivity contribution < 1.29 is 14.4 Å². The van der Waals surface area contributed by atoms with Crippen LogP contribution in [0.3, 0.4) is 0 Å². The predicted molar refractivity (Wildman–Crippen MR) is 113 cm³/mol. The molecule has 4 amide bonds. The molecule has 2 aromatic rings. The van der Waals surface area contributed by atoms with Crippen molar-refractivity contribution in [1.82, 2.24) is 25.3 Å². The van der Waals surface area contributed by atoms with Gasteiger partial charge in [0.25, 0.3) is 5.91 Å². The Kier molecular flexibility index (Phi) is 6.24. The minimum absolute atomic E-state index is 0.289. The Morgan fingerprint density at radius 3 is 2.40 bits per heavy atom. The number of hydrogen-bond donors (Lipinski definition) is 2. The third-order valence-electron chi connectivity index (χ3n) is 5.92. The van der Waals surface area contributed by atoms with Crippen LogP contribution in [0, 0.1) is 13.8 Å². The molecule has 0 radical (unpaired) electrons. The molecule has 2 heterocycles. The van der Waals surface area contributed by atoms with Gasteiger partial charge in [-0.15, -0.1) is 0 Å². The van der Waals surface area contributed by atoms with Crippen molar-refractivity contribution in [3.05, 3.63) is 52.8 Å². The number of carbonyl (C=O) groups excluding carboxylic acids is 3. The van der Waals surface area contributed by atoms with Crippen LogP contribution in [0.1, 0.15) is 49.2 Å². The fourth-order valence-electron chi connectivity index (χ4n) is 3.84. The summed E-state index contributed by atoms with van der Waals surface area (Å²) in [5.74, 6) is -0.716. The lowest BCUT2D eigenvalue weighted by atomic mass is 9.93. The number of nitrogens with one attached hydrogen (secondary N) is 2. The Morgan fingerprint density at radius 2 is 1.80 bits per heavy atom. The van der Waals surface area contributed by atoms with Gasteiger partial charge < -0.3 is 10.6 Å². The number of hydrogen-bond acceptors (Lipinski definition) is 4. The van der Waals surface area contributed by atoms with Crippen LogP contribution in [0.2, 0.25) is 0 Å². The minimum Gasteiger partial charge on any atom is -0.350 e. The molecule has 0 spiro atoms. The predicted octanol–water partition coefficient (Wildman–Crippen LogP) is 2.28. The van der Waals surface area contributed by atoms with E-state index in [4.69, 9.17) is 0 Å². The molecule has 1 saturated heterocycles. The first-order valence-electron chi connectivity index (χ1n) is 10.3. The maximum absolute atomic E-state index is 12.6. The Bertz CT molecular complexity index is 947. The van der Waals surface area contributed by atoms with Crippen molar-refractivity contribution in [2.45, 2.75) is 59.2 Å². The van der Waals surface area contributed by atoms with Crippen LogP contribution >= 0.6 is 0 Å². The lowest BCUT2D eigenvalue weighted by molar-refractivity contribution is -0.135. The zero-order valence-electron chi connectivity index (χ0n) is 18.0. The Labute approximate surface area is 176 Å². The maximum Gasteiger partial charge on any atom is 0.325 e. The molecule has 1 aliphatic rings. The van der Waals surface area contributed by atoms with E-state index in [0.717, 1.165) is 27.4 Å². The van der Waals surface area contributed by atoms with Crippen LogP contribution < -0.4 is 10.6 Å². The Hall–Kier alpha value is -3.16. The van der Waals surface area contributed by atoms with E-state index in [2.05, 4.69) is 15.7 Å². The number of urea groups is 1. The molecule has 8 nitrogen and oxygen atoms in total. The lowest BCUT2D eigenvalue weighted by Gasteiger charge is -2.23. The molecule has 2 N–H and O–H groups in total. The first-order chi connectivity index (χ1) is 14.3. The van der Waals surface area contributed by atoms with Gasteiger partial charge in [0.2, 0.25) is 5.91 Å². The summed E-state index contributed by atoms with van der Waals surface area (Å²) < 4.78 is 1.92. The summed E-state index contributed by atoms with van der Waals surface area (Å²) in [5.41, 5.74) is 3.00. The number of aromatic nitrogens is 2. The second kappa shape index (κ2) is 8.69. The van der Waals surface area contributed by atoms with E-state index in [9.17, 15) is 14.4 Å². The van der Waals surface area contributed by atoms with Gasteiger partial charge in [-0.25, -0.2) is 4.79 Å². The third kappa shape index (κ3) is 4.08. The minimum atomic E-state index is -0.900. The monoisotopic (exact) mass is 411 g/mol. The fraction of sp³-hybridized carbons (Fsp3) is 0.455. The van der Waals surface area contributed by atoms with E-state index in [-0.39, 0.29) is 18.4 Å². The molecule has 1 aromatic carbocycles. The number of nitrogens with zero attached hydrogens (tertiary/aromatic N) is 3. The van der Waals surface area contributed by atoms with Crippen LogP contribution in [-0.4, -0.2) is 44.6 Å². The second-order valence-corrected chi connectivity index (χ2v) is 7.68. The third-order valence-corrected chi connectivity index (χ3v) is 5.92. The van der Waals surface area contributed by atoms with E-state index >= 15 is 0 Å². The standard InChI is InChI=1S/C22H29N5O3/c1-5-22(6-2)20(29)26(21(30)24-22)14-19(28)23-12-18-15(3)25-27(16(18)4)13-17-10-8-7-9-11-17/h7-11H,5-6,12-14H2,1-4H3,(H,23,28)(H,24,30). The highest BCUT2D eigenvalue weighted by Gasteiger charge is 2.49. The highest BCUT2D eigenvalue weighted by Crippen LogP contribution is 2.24. The molecule has 1 fully saturated rings. The molecule has 1 aromatic heterocycles. The van der Waals surface area contributed by atoms with Crippen LogP contribution in [-0.2, 0) is 22.7 Å². The molecule has 160 valence electrons. The van der Waals surface area contributed by atoms with Gasteiger partial charge in [0.1, 0.15) is 12.1 Å². The molecule has 30 heavy (non-hydrogen) atoms. The van der Waals surface area contributed by atoms with Crippen molar-refractivity contribution in [1.29, 1.82) is 0 Å². The number of amides is 4. The summed E-state index contributed by atoms with van der Waals surface area (Å²) in [4.78, 5) is 38.3. The van der Waals surface area contributed by atoms with E-state index in [1.54, 1.807) is 0 Å². The maximum atomic E-state index is 12.6. The molecule has 1 aliphatic heterocycles. The number of aryl methyl sites for hydroxylation is 1. The summed E-state index contributed by atoms with van der Waals surface area (Å²) in [6.45, 7) is 8.24. The normalized spacial score (nSPS) is 15.4. The highest BCUT2D eigenvalue weighted by molar-refractivity contribution is 6.08. The first-order valence-corrected chi connectivity index (χ1v) is 10.3. The van der Waals surface area contributed by atoms with Gasteiger partial charge in [0, 0.05) is 17.8 Å². The molecule has 3 rings (SSSR count). The zero-order chi connectivity index (χ0) is 21.9.